The Morgan fingerprint density at radius 1 is 1.26 bits per heavy atom. The summed E-state index contributed by atoms with van der Waals surface area (Å²) in [7, 11) is 0. The summed E-state index contributed by atoms with van der Waals surface area (Å²) in [5, 5.41) is 0. The second kappa shape index (κ2) is 7.72. The van der Waals surface area contributed by atoms with Gasteiger partial charge in [0.1, 0.15) is 0 Å². The number of morpholine rings is 1. The molecule has 1 aromatic rings. The average Bonchev–Trinajstić information content (AvgIpc) is 3.12. The van der Waals surface area contributed by atoms with Crippen molar-refractivity contribution in [2.24, 2.45) is 5.92 Å². The SMILES string of the molecule is CC(C)CCC(=O)N1CC[C@]2(COCc3cnc(N4CCOCC4)nc32)C1. The highest BCUT2D eigenvalue weighted by Gasteiger charge is 2.46. The molecule has 2 fully saturated rings. The summed E-state index contributed by atoms with van der Waals surface area (Å²) in [6.45, 7) is 10.1. The van der Waals surface area contributed by atoms with Gasteiger partial charge in [0.25, 0.3) is 0 Å². The largest absolute Gasteiger partial charge is 0.378 e. The van der Waals surface area contributed by atoms with E-state index in [0.29, 0.717) is 45.3 Å². The summed E-state index contributed by atoms with van der Waals surface area (Å²) in [6, 6.07) is 0. The maximum atomic E-state index is 12.6. The minimum Gasteiger partial charge on any atom is -0.378 e. The van der Waals surface area contributed by atoms with Crippen LogP contribution in [0, 0.1) is 5.92 Å². The van der Waals surface area contributed by atoms with Gasteiger partial charge in [-0.1, -0.05) is 13.8 Å². The lowest BCUT2D eigenvalue weighted by Crippen LogP contribution is -2.43. The van der Waals surface area contributed by atoms with Crippen molar-refractivity contribution in [3.8, 4) is 0 Å². The Balaban J connectivity index is 1.54. The van der Waals surface area contributed by atoms with Crippen molar-refractivity contribution in [1.82, 2.24) is 14.9 Å². The number of rotatable bonds is 4. The Bertz CT molecular complexity index is 690. The lowest BCUT2D eigenvalue weighted by molar-refractivity contribution is -0.130. The van der Waals surface area contributed by atoms with E-state index in [0.717, 1.165) is 49.7 Å². The van der Waals surface area contributed by atoms with Gasteiger partial charge >= 0.3 is 0 Å². The van der Waals surface area contributed by atoms with Crippen LogP contribution in [0.25, 0.3) is 0 Å². The Hall–Kier alpha value is -1.73. The first-order valence-corrected chi connectivity index (χ1v) is 10.1. The first kappa shape index (κ1) is 18.6. The van der Waals surface area contributed by atoms with Gasteiger partial charge in [0.05, 0.1) is 37.5 Å². The number of nitrogens with zero attached hydrogens (tertiary/aromatic N) is 4. The van der Waals surface area contributed by atoms with Crippen LogP contribution in [0.15, 0.2) is 6.20 Å². The highest BCUT2D eigenvalue weighted by molar-refractivity contribution is 5.76. The fraction of sp³-hybridized carbons (Fsp3) is 0.750. The molecule has 4 rings (SSSR count). The van der Waals surface area contributed by atoms with Crippen LogP contribution in [0.5, 0.6) is 0 Å². The van der Waals surface area contributed by atoms with E-state index in [1.54, 1.807) is 0 Å². The third kappa shape index (κ3) is 3.80. The maximum Gasteiger partial charge on any atom is 0.225 e. The molecule has 1 aromatic heterocycles. The zero-order valence-electron chi connectivity index (χ0n) is 16.4. The molecule has 1 spiro atoms. The highest BCUT2D eigenvalue weighted by Crippen LogP contribution is 2.39. The number of likely N-dealkylation sites (tertiary alicyclic amines) is 1. The fourth-order valence-electron chi connectivity index (χ4n) is 4.27. The molecule has 0 unspecified atom stereocenters. The van der Waals surface area contributed by atoms with Crippen molar-refractivity contribution < 1.29 is 14.3 Å². The van der Waals surface area contributed by atoms with E-state index in [9.17, 15) is 4.79 Å². The molecule has 27 heavy (non-hydrogen) atoms. The van der Waals surface area contributed by atoms with Crippen LogP contribution in [-0.2, 0) is 26.3 Å². The number of carbonyl (C=O) groups is 1. The van der Waals surface area contributed by atoms with Crippen molar-refractivity contribution in [3.63, 3.8) is 0 Å². The molecule has 0 aliphatic carbocycles. The van der Waals surface area contributed by atoms with Crippen LogP contribution in [0.4, 0.5) is 5.95 Å². The second-order valence-electron chi connectivity index (χ2n) is 8.41. The van der Waals surface area contributed by atoms with E-state index in [1.807, 2.05) is 11.1 Å². The molecule has 0 N–H and O–H groups in total. The normalized spacial score (nSPS) is 25.3. The minimum atomic E-state index is -0.189. The third-order valence-electron chi connectivity index (χ3n) is 5.93. The lowest BCUT2D eigenvalue weighted by atomic mass is 9.80. The summed E-state index contributed by atoms with van der Waals surface area (Å²) < 4.78 is 11.3. The summed E-state index contributed by atoms with van der Waals surface area (Å²) in [5.74, 6) is 1.59. The van der Waals surface area contributed by atoms with Crippen molar-refractivity contribution >= 4 is 11.9 Å². The van der Waals surface area contributed by atoms with Gasteiger partial charge in [0.15, 0.2) is 0 Å². The van der Waals surface area contributed by atoms with Gasteiger partial charge in [-0.2, -0.15) is 0 Å². The Kier molecular flexibility index (Phi) is 5.32. The lowest BCUT2D eigenvalue weighted by Gasteiger charge is -2.35. The molecule has 0 aromatic carbocycles. The topological polar surface area (TPSA) is 67.8 Å². The van der Waals surface area contributed by atoms with Crippen LogP contribution in [0.2, 0.25) is 0 Å². The predicted octanol–water partition coefficient (Wildman–Crippen LogP) is 1.75. The molecule has 4 heterocycles. The molecule has 148 valence electrons. The molecule has 1 atom stereocenters. The molecular weight excluding hydrogens is 344 g/mol. The first-order valence-electron chi connectivity index (χ1n) is 10.1. The number of fused-ring (bicyclic) bond motifs is 2. The standard InChI is InChI=1S/C20H30N4O3/c1-15(2)3-4-17(25)24-6-5-20(13-24)14-27-12-16-11-21-19(22-18(16)20)23-7-9-26-10-8-23/h11,15H,3-10,12-14H2,1-2H3/t20-/m1/s1. The summed E-state index contributed by atoms with van der Waals surface area (Å²) in [6.07, 6.45) is 4.40. The van der Waals surface area contributed by atoms with Crippen LogP contribution >= 0.6 is 0 Å². The van der Waals surface area contributed by atoms with Gasteiger partial charge in [-0.15, -0.1) is 0 Å². The Labute approximate surface area is 161 Å². The van der Waals surface area contributed by atoms with E-state index in [1.165, 1.54) is 0 Å². The molecule has 0 bridgehead atoms. The molecule has 7 nitrogen and oxygen atoms in total. The van der Waals surface area contributed by atoms with E-state index in [-0.39, 0.29) is 11.3 Å². The number of carbonyl (C=O) groups excluding carboxylic acids is 1. The zero-order chi connectivity index (χ0) is 18.9. The van der Waals surface area contributed by atoms with Crippen LogP contribution in [0.3, 0.4) is 0 Å². The van der Waals surface area contributed by atoms with Gasteiger partial charge in [-0.05, 0) is 18.8 Å². The van der Waals surface area contributed by atoms with Gasteiger partial charge in [0, 0.05) is 44.4 Å². The van der Waals surface area contributed by atoms with E-state index >= 15 is 0 Å². The molecular formula is C20H30N4O3. The van der Waals surface area contributed by atoms with Crippen LogP contribution in [0.1, 0.15) is 44.4 Å². The highest BCUT2D eigenvalue weighted by atomic mass is 16.5. The molecule has 3 aliphatic rings. The number of ether oxygens (including phenoxy) is 2. The van der Waals surface area contributed by atoms with Gasteiger partial charge in [-0.3, -0.25) is 4.79 Å². The summed E-state index contributed by atoms with van der Waals surface area (Å²) >= 11 is 0. The maximum absolute atomic E-state index is 12.6. The second-order valence-corrected chi connectivity index (χ2v) is 8.41. The van der Waals surface area contributed by atoms with Gasteiger partial charge in [-0.25, -0.2) is 9.97 Å². The van der Waals surface area contributed by atoms with E-state index in [4.69, 9.17) is 14.5 Å². The third-order valence-corrected chi connectivity index (χ3v) is 5.93. The number of anilines is 1. The first-order chi connectivity index (χ1) is 13.1. The molecule has 3 aliphatic heterocycles. The Morgan fingerprint density at radius 2 is 2.07 bits per heavy atom. The average molecular weight is 374 g/mol. The quantitative estimate of drug-likeness (QED) is 0.800. The number of hydrogen-bond acceptors (Lipinski definition) is 6. The number of hydrogen-bond donors (Lipinski definition) is 0. The number of aromatic nitrogens is 2. The zero-order valence-corrected chi connectivity index (χ0v) is 16.4. The fourth-order valence-corrected chi connectivity index (χ4v) is 4.27. The molecule has 7 heteroatoms. The number of amides is 1. The van der Waals surface area contributed by atoms with Gasteiger partial charge < -0.3 is 19.3 Å². The Morgan fingerprint density at radius 3 is 2.85 bits per heavy atom. The van der Waals surface area contributed by atoms with Gasteiger partial charge in [0.2, 0.25) is 11.9 Å². The minimum absolute atomic E-state index is 0.189. The van der Waals surface area contributed by atoms with E-state index < -0.39 is 0 Å². The van der Waals surface area contributed by atoms with Crippen LogP contribution < -0.4 is 4.90 Å². The monoisotopic (exact) mass is 374 g/mol. The molecule has 1 amide bonds. The molecule has 2 saturated heterocycles. The van der Waals surface area contributed by atoms with Crippen LogP contribution in [-0.4, -0.2) is 66.8 Å². The predicted molar refractivity (Wildman–Crippen MR) is 102 cm³/mol. The molecule has 0 saturated carbocycles. The summed E-state index contributed by atoms with van der Waals surface area (Å²) in [4.78, 5) is 26.4. The van der Waals surface area contributed by atoms with Crippen molar-refractivity contribution in [1.29, 1.82) is 0 Å². The smallest absolute Gasteiger partial charge is 0.225 e. The van der Waals surface area contributed by atoms with E-state index in [2.05, 4.69) is 23.7 Å². The van der Waals surface area contributed by atoms with Crippen molar-refractivity contribution in [2.75, 3.05) is 50.9 Å². The van der Waals surface area contributed by atoms with Crippen molar-refractivity contribution in [3.05, 3.63) is 17.5 Å². The summed E-state index contributed by atoms with van der Waals surface area (Å²) in [5.41, 5.74) is 1.96. The molecule has 0 radical (unpaired) electrons. The van der Waals surface area contributed by atoms with Crippen molar-refractivity contribution in [2.45, 2.75) is 45.1 Å².